The summed E-state index contributed by atoms with van der Waals surface area (Å²) >= 11 is 12.2. The molecule has 0 saturated carbocycles. The van der Waals surface area contributed by atoms with Crippen molar-refractivity contribution in [3.63, 3.8) is 0 Å². The van der Waals surface area contributed by atoms with Crippen LogP contribution in [0, 0.1) is 18.3 Å². The van der Waals surface area contributed by atoms with Gasteiger partial charge in [-0.1, -0.05) is 37.0 Å². The summed E-state index contributed by atoms with van der Waals surface area (Å²) in [6.45, 7) is 6.06. The van der Waals surface area contributed by atoms with Crippen molar-refractivity contribution < 1.29 is 4.74 Å². The first-order valence-corrected chi connectivity index (χ1v) is 7.35. The van der Waals surface area contributed by atoms with Gasteiger partial charge in [-0.05, 0) is 48.2 Å². The van der Waals surface area contributed by atoms with Crippen molar-refractivity contribution >= 4 is 23.2 Å². The lowest BCUT2D eigenvalue weighted by Gasteiger charge is -2.15. The van der Waals surface area contributed by atoms with Crippen LogP contribution in [-0.2, 0) is 0 Å². The molecule has 0 aliphatic heterocycles. The zero-order chi connectivity index (χ0) is 15.6. The summed E-state index contributed by atoms with van der Waals surface area (Å²) in [6, 6.07) is 10.9. The summed E-state index contributed by atoms with van der Waals surface area (Å²) in [5.41, 5.74) is 2.37. The number of ether oxygens (including phenoxy) is 1. The van der Waals surface area contributed by atoms with E-state index in [-0.39, 0.29) is 5.92 Å². The highest BCUT2D eigenvalue weighted by molar-refractivity contribution is 6.31. The van der Waals surface area contributed by atoms with E-state index in [1.165, 1.54) is 0 Å². The van der Waals surface area contributed by atoms with Crippen molar-refractivity contribution in [1.82, 2.24) is 0 Å². The third kappa shape index (κ3) is 3.50. The normalized spacial score (nSPS) is 10.5. The van der Waals surface area contributed by atoms with Crippen LogP contribution in [0.2, 0.25) is 10.0 Å². The number of halogens is 2. The zero-order valence-electron chi connectivity index (χ0n) is 12.1. The Labute approximate surface area is 134 Å². The van der Waals surface area contributed by atoms with Crippen LogP contribution < -0.4 is 4.74 Å². The summed E-state index contributed by atoms with van der Waals surface area (Å²) in [5.74, 6) is 1.42. The molecule has 2 aromatic carbocycles. The van der Waals surface area contributed by atoms with Crippen molar-refractivity contribution in [3.05, 3.63) is 57.1 Å². The van der Waals surface area contributed by atoms with Gasteiger partial charge in [-0.15, -0.1) is 0 Å². The molecule has 0 spiro atoms. The van der Waals surface area contributed by atoms with Crippen LogP contribution in [0.15, 0.2) is 30.3 Å². The maximum atomic E-state index is 9.15. The van der Waals surface area contributed by atoms with E-state index in [1.807, 2.05) is 19.1 Å². The first-order chi connectivity index (χ1) is 9.92. The largest absolute Gasteiger partial charge is 0.456 e. The molecule has 0 aliphatic rings. The molecule has 4 heteroatoms. The van der Waals surface area contributed by atoms with Crippen LogP contribution >= 0.6 is 23.2 Å². The maximum absolute atomic E-state index is 9.15. The van der Waals surface area contributed by atoms with Gasteiger partial charge in [0.1, 0.15) is 17.6 Å². The fourth-order valence-electron chi connectivity index (χ4n) is 2.01. The van der Waals surface area contributed by atoms with E-state index in [9.17, 15) is 0 Å². The number of nitrogens with zero attached hydrogens (tertiary/aromatic N) is 1. The Bertz CT molecular complexity index is 717. The van der Waals surface area contributed by atoms with Crippen LogP contribution in [0.5, 0.6) is 11.5 Å². The molecule has 0 saturated heterocycles. The molecule has 0 aromatic heterocycles. The predicted octanol–water partition coefficient (Wildman–Crippen LogP) is 6.09. The molecule has 0 atom stereocenters. The predicted molar refractivity (Wildman–Crippen MR) is 86.5 cm³/mol. The highest BCUT2D eigenvalue weighted by atomic mass is 35.5. The molecule has 2 rings (SSSR count). The second-order valence-corrected chi connectivity index (χ2v) is 5.99. The van der Waals surface area contributed by atoms with Gasteiger partial charge in [0.15, 0.2) is 0 Å². The molecule has 21 heavy (non-hydrogen) atoms. The van der Waals surface area contributed by atoms with E-state index in [1.54, 1.807) is 18.2 Å². The lowest BCUT2D eigenvalue weighted by molar-refractivity contribution is 0.476. The summed E-state index contributed by atoms with van der Waals surface area (Å²) < 4.78 is 5.89. The first kappa shape index (κ1) is 15.7. The minimum absolute atomic E-state index is 0.287. The number of hydrogen-bond donors (Lipinski definition) is 0. The van der Waals surface area contributed by atoms with Crippen molar-refractivity contribution in [2.45, 2.75) is 26.7 Å². The highest BCUT2D eigenvalue weighted by Gasteiger charge is 2.12. The molecule has 108 valence electrons. The van der Waals surface area contributed by atoms with E-state index in [4.69, 9.17) is 33.2 Å². The number of rotatable bonds is 3. The highest BCUT2D eigenvalue weighted by Crippen LogP contribution is 2.35. The zero-order valence-corrected chi connectivity index (χ0v) is 13.6. The van der Waals surface area contributed by atoms with Gasteiger partial charge in [0.25, 0.3) is 0 Å². The van der Waals surface area contributed by atoms with Gasteiger partial charge in [0.05, 0.1) is 5.56 Å². The van der Waals surface area contributed by atoms with Crippen LogP contribution in [0.1, 0.15) is 36.5 Å². The van der Waals surface area contributed by atoms with E-state index in [0.29, 0.717) is 22.1 Å². The average molecular weight is 320 g/mol. The Morgan fingerprint density at radius 3 is 2.43 bits per heavy atom. The van der Waals surface area contributed by atoms with Crippen molar-refractivity contribution in [2.24, 2.45) is 0 Å². The van der Waals surface area contributed by atoms with Gasteiger partial charge in [0, 0.05) is 16.1 Å². The summed E-state index contributed by atoms with van der Waals surface area (Å²) in [6.07, 6.45) is 0. The minimum Gasteiger partial charge on any atom is -0.456 e. The third-order valence-corrected chi connectivity index (χ3v) is 3.76. The number of aryl methyl sites for hydroxylation is 1. The Morgan fingerprint density at radius 1 is 1.10 bits per heavy atom. The molecule has 0 bridgehead atoms. The molecule has 0 heterocycles. The smallest absolute Gasteiger partial charge is 0.146 e. The molecule has 2 aromatic rings. The second kappa shape index (κ2) is 6.39. The third-order valence-electron chi connectivity index (χ3n) is 3.20. The molecule has 2 nitrogen and oxygen atoms in total. The van der Waals surface area contributed by atoms with Crippen molar-refractivity contribution in [1.29, 1.82) is 5.26 Å². The summed E-state index contributed by atoms with van der Waals surface area (Å²) in [7, 11) is 0. The van der Waals surface area contributed by atoms with Crippen LogP contribution in [-0.4, -0.2) is 0 Å². The molecular formula is C17H15Cl2NO. The summed E-state index contributed by atoms with van der Waals surface area (Å²) in [5, 5.41) is 10.4. The van der Waals surface area contributed by atoms with Gasteiger partial charge in [-0.3, -0.25) is 0 Å². The molecule has 0 radical (unpaired) electrons. The van der Waals surface area contributed by atoms with E-state index in [2.05, 4.69) is 19.9 Å². The van der Waals surface area contributed by atoms with Crippen LogP contribution in [0.25, 0.3) is 0 Å². The Balaban J connectivity index is 2.47. The first-order valence-electron chi connectivity index (χ1n) is 6.60. The van der Waals surface area contributed by atoms with Crippen LogP contribution in [0.3, 0.4) is 0 Å². The number of benzene rings is 2. The average Bonchev–Trinajstić information content (AvgIpc) is 2.41. The van der Waals surface area contributed by atoms with Crippen LogP contribution in [0.4, 0.5) is 0 Å². The van der Waals surface area contributed by atoms with E-state index >= 15 is 0 Å². The van der Waals surface area contributed by atoms with Gasteiger partial charge >= 0.3 is 0 Å². The second-order valence-electron chi connectivity index (χ2n) is 5.15. The van der Waals surface area contributed by atoms with Crippen molar-refractivity contribution in [3.8, 4) is 17.6 Å². The Hall–Kier alpha value is -1.69. The topological polar surface area (TPSA) is 33.0 Å². The fraction of sp³-hybridized carbons (Fsp3) is 0.235. The number of nitriles is 1. The minimum atomic E-state index is 0.287. The summed E-state index contributed by atoms with van der Waals surface area (Å²) in [4.78, 5) is 0. The van der Waals surface area contributed by atoms with Crippen molar-refractivity contribution in [2.75, 3.05) is 0 Å². The molecule has 0 fully saturated rings. The molecule has 0 unspecified atom stereocenters. The molecule has 0 aliphatic carbocycles. The quantitative estimate of drug-likeness (QED) is 0.685. The monoisotopic (exact) mass is 319 g/mol. The molecule has 0 N–H and O–H groups in total. The standard InChI is InChI=1S/C17H15Cl2NO/c1-10(2)14-8-16(11(3)6-15(14)19)21-17-7-13(18)5-4-12(17)9-20/h4-8,10H,1-3H3. The van der Waals surface area contributed by atoms with Gasteiger partial charge in [0.2, 0.25) is 0 Å². The maximum Gasteiger partial charge on any atom is 0.146 e. The van der Waals surface area contributed by atoms with Gasteiger partial charge in [-0.25, -0.2) is 0 Å². The lowest BCUT2D eigenvalue weighted by atomic mass is 10.0. The van der Waals surface area contributed by atoms with E-state index in [0.717, 1.165) is 16.1 Å². The van der Waals surface area contributed by atoms with Gasteiger partial charge in [-0.2, -0.15) is 5.26 Å². The number of hydrogen-bond acceptors (Lipinski definition) is 2. The Kier molecular flexibility index (Phi) is 4.77. The Morgan fingerprint density at radius 2 is 1.81 bits per heavy atom. The molecular weight excluding hydrogens is 305 g/mol. The van der Waals surface area contributed by atoms with E-state index < -0.39 is 0 Å². The SMILES string of the molecule is Cc1cc(Cl)c(C(C)C)cc1Oc1cc(Cl)ccc1C#N. The van der Waals surface area contributed by atoms with Gasteiger partial charge < -0.3 is 4.74 Å². The lowest BCUT2D eigenvalue weighted by Crippen LogP contribution is -1.95. The fourth-order valence-corrected chi connectivity index (χ4v) is 2.61. The molecule has 0 amide bonds.